The number of anilines is 1. The van der Waals surface area contributed by atoms with Crippen LogP contribution in [0.25, 0.3) is 0 Å². The average Bonchev–Trinajstić information content (AvgIpc) is 3.15. The van der Waals surface area contributed by atoms with Gasteiger partial charge in [-0.3, -0.25) is 14.4 Å². The number of carbonyl (C=O) groups is 4. The van der Waals surface area contributed by atoms with Crippen molar-refractivity contribution in [2.45, 2.75) is 30.7 Å². The van der Waals surface area contributed by atoms with Crippen molar-refractivity contribution in [3.8, 4) is 5.75 Å². The lowest BCUT2D eigenvalue weighted by atomic mass is 9.91. The standard InChI is InChI=1S/C26H30N4O8S/c1-16(31)28-19-7-5-17(6-8-19)25(33)30-12-9-18-13-21(37-2)22(14-20(18)24(30)26(34)38-3)39(35,36)29-11-4-10-27-23(32)15-29/h5-8,13-14,24H,4,9-12,15H2,1-3H3,(H,27,32)(H,28,31). The van der Waals surface area contributed by atoms with E-state index in [0.29, 0.717) is 36.2 Å². The fourth-order valence-electron chi connectivity index (χ4n) is 4.76. The molecule has 12 nitrogen and oxygen atoms in total. The van der Waals surface area contributed by atoms with Gasteiger partial charge in [0.1, 0.15) is 10.6 Å². The maximum Gasteiger partial charge on any atom is 0.333 e. The van der Waals surface area contributed by atoms with Gasteiger partial charge in [0.25, 0.3) is 5.91 Å². The van der Waals surface area contributed by atoms with Crippen LogP contribution in [0.1, 0.15) is 40.9 Å². The number of nitrogens with one attached hydrogen (secondary N) is 2. The van der Waals surface area contributed by atoms with Crippen LogP contribution in [-0.2, 0) is 35.6 Å². The fraction of sp³-hybridized carbons (Fsp3) is 0.385. The van der Waals surface area contributed by atoms with E-state index in [2.05, 4.69) is 10.6 Å². The van der Waals surface area contributed by atoms with Gasteiger partial charge >= 0.3 is 5.97 Å². The van der Waals surface area contributed by atoms with E-state index in [9.17, 15) is 27.6 Å². The number of rotatable bonds is 6. The largest absolute Gasteiger partial charge is 0.495 e. The minimum Gasteiger partial charge on any atom is -0.495 e. The molecule has 2 aliphatic rings. The fourth-order valence-corrected chi connectivity index (χ4v) is 6.37. The number of hydrogen-bond donors (Lipinski definition) is 2. The Morgan fingerprint density at radius 2 is 1.79 bits per heavy atom. The third kappa shape index (κ3) is 5.73. The van der Waals surface area contributed by atoms with Crippen LogP contribution in [0.15, 0.2) is 41.3 Å². The first-order valence-corrected chi connectivity index (χ1v) is 13.7. The first-order valence-electron chi connectivity index (χ1n) is 12.3. The highest BCUT2D eigenvalue weighted by atomic mass is 32.2. The number of benzene rings is 2. The molecule has 2 aromatic carbocycles. The smallest absolute Gasteiger partial charge is 0.333 e. The summed E-state index contributed by atoms with van der Waals surface area (Å²) in [5.41, 5.74) is 1.73. The maximum atomic E-state index is 13.7. The molecule has 0 radical (unpaired) electrons. The molecule has 0 bridgehead atoms. The van der Waals surface area contributed by atoms with Crippen LogP contribution in [0.3, 0.4) is 0 Å². The molecule has 2 aliphatic heterocycles. The summed E-state index contributed by atoms with van der Waals surface area (Å²) < 4.78 is 38.9. The van der Waals surface area contributed by atoms with Gasteiger partial charge in [0.2, 0.25) is 21.8 Å². The van der Waals surface area contributed by atoms with E-state index >= 15 is 0 Å². The van der Waals surface area contributed by atoms with E-state index in [4.69, 9.17) is 9.47 Å². The second-order valence-electron chi connectivity index (χ2n) is 9.18. The zero-order valence-electron chi connectivity index (χ0n) is 21.9. The first kappa shape index (κ1) is 28.0. The molecule has 1 fully saturated rings. The molecule has 1 unspecified atom stereocenters. The van der Waals surface area contributed by atoms with Crippen molar-refractivity contribution in [2.75, 3.05) is 45.7 Å². The van der Waals surface area contributed by atoms with Crippen LogP contribution in [0.4, 0.5) is 5.69 Å². The number of fused-ring (bicyclic) bond motifs is 1. The monoisotopic (exact) mass is 558 g/mol. The van der Waals surface area contributed by atoms with E-state index in [1.807, 2.05) is 0 Å². The van der Waals surface area contributed by atoms with Crippen molar-refractivity contribution >= 4 is 39.4 Å². The number of hydrogen-bond acceptors (Lipinski definition) is 8. The molecule has 208 valence electrons. The molecule has 3 amide bonds. The Morgan fingerprint density at radius 1 is 1.08 bits per heavy atom. The zero-order chi connectivity index (χ0) is 28.3. The summed E-state index contributed by atoms with van der Waals surface area (Å²) in [7, 11) is -1.66. The third-order valence-electron chi connectivity index (χ3n) is 6.64. The van der Waals surface area contributed by atoms with Crippen LogP contribution in [0.2, 0.25) is 0 Å². The number of esters is 1. The number of carbonyl (C=O) groups excluding carboxylic acids is 4. The SMILES string of the molecule is COC(=O)C1c2cc(S(=O)(=O)N3CCCNC(=O)C3)c(OC)cc2CCN1C(=O)c1ccc(NC(C)=O)cc1. The van der Waals surface area contributed by atoms with E-state index < -0.39 is 33.8 Å². The normalized spacial score (nSPS) is 17.9. The Morgan fingerprint density at radius 3 is 2.44 bits per heavy atom. The second kappa shape index (κ2) is 11.4. The molecule has 2 heterocycles. The van der Waals surface area contributed by atoms with Crippen LogP contribution < -0.4 is 15.4 Å². The molecule has 0 aliphatic carbocycles. The maximum absolute atomic E-state index is 13.7. The van der Waals surface area contributed by atoms with Crippen molar-refractivity contribution in [3.05, 3.63) is 53.1 Å². The minimum atomic E-state index is -4.20. The molecule has 2 N–H and O–H groups in total. The molecular formula is C26H30N4O8S. The third-order valence-corrected chi connectivity index (χ3v) is 8.50. The van der Waals surface area contributed by atoms with Crippen LogP contribution in [-0.4, -0.2) is 81.7 Å². The molecule has 4 rings (SSSR count). The first-order chi connectivity index (χ1) is 18.6. The van der Waals surface area contributed by atoms with Crippen LogP contribution in [0, 0.1) is 0 Å². The minimum absolute atomic E-state index is 0.0790. The number of amides is 3. The molecular weight excluding hydrogens is 528 g/mol. The highest BCUT2D eigenvalue weighted by Crippen LogP contribution is 2.38. The average molecular weight is 559 g/mol. The Hall–Kier alpha value is -3.97. The van der Waals surface area contributed by atoms with Crippen molar-refractivity contribution in [1.29, 1.82) is 0 Å². The second-order valence-corrected chi connectivity index (χ2v) is 11.1. The molecule has 0 spiro atoms. The van der Waals surface area contributed by atoms with Gasteiger partial charge in [-0.2, -0.15) is 4.31 Å². The summed E-state index contributed by atoms with van der Waals surface area (Å²) in [4.78, 5) is 51.1. The molecule has 1 atom stereocenters. The molecule has 0 aromatic heterocycles. The Balaban J connectivity index is 1.75. The molecule has 2 aromatic rings. The lowest BCUT2D eigenvalue weighted by molar-refractivity contribution is -0.146. The van der Waals surface area contributed by atoms with Gasteiger partial charge in [-0.25, -0.2) is 13.2 Å². The number of ether oxygens (including phenoxy) is 2. The Labute approximate surface area is 226 Å². The summed E-state index contributed by atoms with van der Waals surface area (Å²) in [5, 5.41) is 5.28. The summed E-state index contributed by atoms with van der Waals surface area (Å²) in [6.07, 6.45) is 0.771. The number of nitrogens with zero attached hydrogens (tertiary/aromatic N) is 2. The van der Waals surface area contributed by atoms with E-state index in [1.165, 1.54) is 44.2 Å². The van der Waals surface area contributed by atoms with Gasteiger partial charge in [0, 0.05) is 37.8 Å². The molecule has 0 saturated carbocycles. The van der Waals surface area contributed by atoms with Gasteiger partial charge in [0.05, 0.1) is 20.8 Å². The van der Waals surface area contributed by atoms with E-state index in [0.717, 1.165) is 4.31 Å². The summed E-state index contributed by atoms with van der Waals surface area (Å²) in [6.45, 7) is 1.68. The van der Waals surface area contributed by atoms with Crippen LogP contribution in [0.5, 0.6) is 5.75 Å². The van der Waals surface area contributed by atoms with Crippen molar-refractivity contribution in [3.63, 3.8) is 0 Å². The van der Waals surface area contributed by atoms with Crippen LogP contribution >= 0.6 is 0 Å². The zero-order valence-corrected chi connectivity index (χ0v) is 22.7. The highest BCUT2D eigenvalue weighted by molar-refractivity contribution is 7.89. The topological polar surface area (TPSA) is 151 Å². The molecule has 1 saturated heterocycles. The van der Waals surface area contributed by atoms with Gasteiger partial charge in [0.15, 0.2) is 6.04 Å². The predicted molar refractivity (Wildman–Crippen MR) is 140 cm³/mol. The lowest BCUT2D eigenvalue weighted by Crippen LogP contribution is -2.44. The Kier molecular flexibility index (Phi) is 8.21. The van der Waals surface area contributed by atoms with Crippen molar-refractivity contribution in [2.24, 2.45) is 0 Å². The van der Waals surface area contributed by atoms with Gasteiger partial charge in [-0.1, -0.05) is 0 Å². The van der Waals surface area contributed by atoms with Gasteiger partial charge in [-0.15, -0.1) is 0 Å². The lowest BCUT2D eigenvalue weighted by Gasteiger charge is -2.36. The summed E-state index contributed by atoms with van der Waals surface area (Å²) in [6, 6.07) is 7.90. The number of sulfonamides is 1. The molecule has 39 heavy (non-hydrogen) atoms. The summed E-state index contributed by atoms with van der Waals surface area (Å²) >= 11 is 0. The van der Waals surface area contributed by atoms with Gasteiger partial charge in [-0.05, 0) is 60.4 Å². The van der Waals surface area contributed by atoms with Crippen molar-refractivity contribution in [1.82, 2.24) is 14.5 Å². The highest BCUT2D eigenvalue weighted by Gasteiger charge is 2.40. The number of methoxy groups -OCH3 is 2. The van der Waals surface area contributed by atoms with Gasteiger partial charge < -0.3 is 25.0 Å². The van der Waals surface area contributed by atoms with E-state index in [1.54, 1.807) is 18.2 Å². The van der Waals surface area contributed by atoms with E-state index in [-0.39, 0.29) is 41.7 Å². The molecule has 13 heteroatoms. The quantitative estimate of drug-likeness (QED) is 0.500. The van der Waals surface area contributed by atoms with Crippen molar-refractivity contribution < 1.29 is 37.1 Å². The predicted octanol–water partition coefficient (Wildman–Crippen LogP) is 1.08. The Bertz CT molecular complexity index is 1410. The summed E-state index contributed by atoms with van der Waals surface area (Å²) in [5.74, 6) is -1.79.